The van der Waals surface area contributed by atoms with Crippen LogP contribution in [0, 0.1) is 0 Å². The molecular weight excluding hydrogens is 937 g/mol. The first-order valence-corrected chi connectivity index (χ1v) is 32.9. The van der Waals surface area contributed by atoms with Crippen molar-refractivity contribution in [1.29, 1.82) is 0 Å². The summed E-state index contributed by atoms with van der Waals surface area (Å²) in [4.78, 5) is 38.2. The largest absolute Gasteiger partial charge is 0.462 e. The van der Waals surface area contributed by atoms with Gasteiger partial charge in [-0.3, -0.25) is 14.4 Å². The third-order valence-corrected chi connectivity index (χ3v) is 14.5. The number of hydrogen-bond acceptors (Lipinski definition) is 6. The van der Waals surface area contributed by atoms with Crippen LogP contribution in [-0.2, 0) is 28.6 Å². The smallest absolute Gasteiger partial charge is 0.306 e. The van der Waals surface area contributed by atoms with E-state index in [0.717, 1.165) is 96.3 Å². The number of unbranched alkanes of at least 4 members (excludes halogenated alkanes) is 37. The van der Waals surface area contributed by atoms with Gasteiger partial charge >= 0.3 is 17.9 Å². The van der Waals surface area contributed by atoms with Crippen molar-refractivity contribution < 1.29 is 28.6 Å². The van der Waals surface area contributed by atoms with E-state index in [1.165, 1.54) is 199 Å². The Labute approximate surface area is 472 Å². The van der Waals surface area contributed by atoms with Crippen LogP contribution < -0.4 is 0 Å². The predicted molar refractivity (Wildman–Crippen MR) is 330 cm³/mol. The highest BCUT2D eigenvalue weighted by Crippen LogP contribution is 2.17. The molecule has 1 unspecified atom stereocenters. The topological polar surface area (TPSA) is 78.9 Å². The second kappa shape index (κ2) is 64.4. The zero-order chi connectivity index (χ0) is 55.0. The molecule has 0 saturated heterocycles. The minimum Gasteiger partial charge on any atom is -0.462 e. The van der Waals surface area contributed by atoms with E-state index in [1.807, 2.05) is 0 Å². The van der Waals surface area contributed by atoms with Gasteiger partial charge in [-0.1, -0.05) is 318 Å². The number of rotatable bonds is 60. The van der Waals surface area contributed by atoms with Gasteiger partial charge in [0.05, 0.1) is 0 Å². The lowest BCUT2D eigenvalue weighted by atomic mass is 10.0. The van der Waals surface area contributed by atoms with Crippen LogP contribution in [-0.4, -0.2) is 37.2 Å². The summed E-state index contributed by atoms with van der Waals surface area (Å²) in [6.45, 7) is 6.55. The Balaban J connectivity index is 4.10. The summed E-state index contributed by atoms with van der Waals surface area (Å²) in [5.74, 6) is -0.852. The average Bonchev–Trinajstić information content (AvgIpc) is 3.42. The van der Waals surface area contributed by atoms with E-state index >= 15 is 0 Å². The molecule has 0 aliphatic heterocycles. The van der Waals surface area contributed by atoms with Gasteiger partial charge in [-0.25, -0.2) is 0 Å². The Morgan fingerprint density at radius 1 is 0.276 bits per heavy atom. The molecule has 440 valence electrons. The van der Waals surface area contributed by atoms with E-state index in [0.29, 0.717) is 19.3 Å². The lowest BCUT2D eigenvalue weighted by Gasteiger charge is -2.18. The Kier molecular flexibility index (Phi) is 61.7. The highest BCUT2D eigenvalue weighted by atomic mass is 16.6. The van der Waals surface area contributed by atoms with Crippen molar-refractivity contribution in [1.82, 2.24) is 0 Å². The first-order chi connectivity index (χ1) is 37.5. The van der Waals surface area contributed by atoms with Crippen LogP contribution in [0.5, 0.6) is 0 Å². The van der Waals surface area contributed by atoms with Crippen LogP contribution >= 0.6 is 0 Å². The molecule has 6 nitrogen and oxygen atoms in total. The minimum atomic E-state index is -0.769. The average molecular weight is 1060 g/mol. The highest BCUT2D eigenvalue weighted by Gasteiger charge is 2.19. The quantitative estimate of drug-likeness (QED) is 0.0261. The lowest BCUT2D eigenvalue weighted by molar-refractivity contribution is -0.167. The standard InChI is InChI=1S/C70H124O6/c1-4-7-10-13-16-19-22-24-26-27-28-29-30-31-32-33-34-35-36-37-38-39-40-41-42-43-45-46-48-51-54-57-60-63-69(72)75-66-67(65-74-68(71)62-59-56-53-50-21-18-15-12-9-6-3)76-70(73)64-61-58-55-52-49-47-44-25-23-20-17-14-11-8-5-2/h7,10,16,19,24,26,28-29,31-32,34-35,67H,4-6,8-9,11-15,17-18,20-23,25,27,30,33,36-66H2,1-3H3/b10-7-,19-16-,26-24-,29-28-,32-31-,35-34-. The van der Waals surface area contributed by atoms with Crippen LogP contribution in [0.2, 0.25) is 0 Å². The van der Waals surface area contributed by atoms with Crippen LogP contribution in [0.25, 0.3) is 0 Å². The summed E-state index contributed by atoms with van der Waals surface area (Å²) in [6, 6.07) is 0. The minimum absolute atomic E-state index is 0.0687. The number of carbonyl (C=O) groups is 3. The van der Waals surface area contributed by atoms with Crippen molar-refractivity contribution in [3.05, 3.63) is 72.9 Å². The van der Waals surface area contributed by atoms with Crippen molar-refractivity contribution in [2.24, 2.45) is 0 Å². The maximum Gasteiger partial charge on any atom is 0.306 e. The maximum absolute atomic E-state index is 12.9. The van der Waals surface area contributed by atoms with Crippen molar-refractivity contribution in [2.45, 2.75) is 341 Å². The maximum atomic E-state index is 12.9. The molecule has 0 amide bonds. The van der Waals surface area contributed by atoms with Gasteiger partial charge in [-0.05, 0) is 70.6 Å². The molecule has 0 fully saturated rings. The van der Waals surface area contributed by atoms with Crippen molar-refractivity contribution in [3.8, 4) is 0 Å². The van der Waals surface area contributed by atoms with Gasteiger partial charge in [0, 0.05) is 19.3 Å². The second-order valence-electron chi connectivity index (χ2n) is 22.0. The Hall–Kier alpha value is -3.15. The molecule has 0 heterocycles. The van der Waals surface area contributed by atoms with Gasteiger partial charge in [-0.15, -0.1) is 0 Å². The van der Waals surface area contributed by atoms with Gasteiger partial charge in [0.25, 0.3) is 0 Å². The first kappa shape index (κ1) is 72.8. The molecule has 0 N–H and O–H groups in total. The van der Waals surface area contributed by atoms with Crippen LogP contribution in [0.1, 0.15) is 335 Å². The van der Waals surface area contributed by atoms with Crippen LogP contribution in [0.4, 0.5) is 0 Å². The van der Waals surface area contributed by atoms with Crippen LogP contribution in [0.3, 0.4) is 0 Å². The van der Waals surface area contributed by atoms with E-state index in [9.17, 15) is 14.4 Å². The van der Waals surface area contributed by atoms with Gasteiger partial charge < -0.3 is 14.2 Å². The Morgan fingerprint density at radius 3 is 0.803 bits per heavy atom. The second-order valence-corrected chi connectivity index (χ2v) is 22.0. The summed E-state index contributed by atoms with van der Waals surface area (Å²) in [5, 5.41) is 0. The van der Waals surface area contributed by atoms with E-state index in [2.05, 4.69) is 93.7 Å². The first-order valence-electron chi connectivity index (χ1n) is 32.9. The van der Waals surface area contributed by atoms with E-state index in [-0.39, 0.29) is 31.1 Å². The normalized spacial score (nSPS) is 12.5. The molecule has 0 rings (SSSR count). The molecule has 0 aromatic heterocycles. The summed E-state index contributed by atoms with van der Waals surface area (Å²) in [6.07, 6.45) is 83.5. The molecule has 0 aromatic rings. The van der Waals surface area contributed by atoms with Gasteiger partial charge in [0.1, 0.15) is 13.2 Å². The SMILES string of the molecule is CC/C=C\C/C=C\C/C=C\C/C=C\C/C=C\C/C=C\CCCCCCCCCCCCCCCCC(=O)OCC(COC(=O)CCCCCCCCCCCC)OC(=O)CCCCCCCCCCCCCCCCC. The molecule has 1 atom stereocenters. The van der Waals surface area contributed by atoms with Crippen molar-refractivity contribution >= 4 is 17.9 Å². The Morgan fingerprint density at radius 2 is 0.513 bits per heavy atom. The molecule has 0 radical (unpaired) electrons. The fourth-order valence-electron chi connectivity index (χ4n) is 9.57. The molecule has 76 heavy (non-hydrogen) atoms. The molecule has 0 spiro atoms. The summed E-state index contributed by atoms with van der Waals surface area (Å²) in [5.41, 5.74) is 0. The third-order valence-electron chi connectivity index (χ3n) is 14.5. The number of hydrogen-bond donors (Lipinski definition) is 0. The molecule has 0 aromatic carbocycles. The molecule has 0 saturated carbocycles. The number of ether oxygens (including phenoxy) is 3. The molecule has 0 aliphatic rings. The van der Waals surface area contributed by atoms with Gasteiger partial charge in [-0.2, -0.15) is 0 Å². The zero-order valence-electron chi connectivity index (χ0n) is 50.5. The van der Waals surface area contributed by atoms with Crippen LogP contribution in [0.15, 0.2) is 72.9 Å². The monoisotopic (exact) mass is 1060 g/mol. The summed E-state index contributed by atoms with van der Waals surface area (Å²) < 4.78 is 16.9. The fourth-order valence-corrected chi connectivity index (χ4v) is 9.57. The summed E-state index contributed by atoms with van der Waals surface area (Å²) in [7, 11) is 0. The lowest BCUT2D eigenvalue weighted by Crippen LogP contribution is -2.30. The zero-order valence-corrected chi connectivity index (χ0v) is 50.5. The third kappa shape index (κ3) is 61.7. The summed E-state index contributed by atoms with van der Waals surface area (Å²) >= 11 is 0. The predicted octanol–water partition coefficient (Wildman–Crippen LogP) is 22.5. The van der Waals surface area contributed by atoms with E-state index in [4.69, 9.17) is 14.2 Å². The van der Waals surface area contributed by atoms with E-state index in [1.54, 1.807) is 0 Å². The molecule has 6 heteroatoms. The van der Waals surface area contributed by atoms with Gasteiger partial charge in [0.15, 0.2) is 6.10 Å². The van der Waals surface area contributed by atoms with E-state index < -0.39 is 6.10 Å². The highest BCUT2D eigenvalue weighted by molar-refractivity contribution is 5.71. The van der Waals surface area contributed by atoms with Crippen molar-refractivity contribution in [2.75, 3.05) is 13.2 Å². The van der Waals surface area contributed by atoms with Gasteiger partial charge in [0.2, 0.25) is 0 Å². The number of allylic oxidation sites excluding steroid dienone is 12. The molecule has 0 aliphatic carbocycles. The number of carbonyl (C=O) groups excluding carboxylic acids is 3. The molecule has 0 bridgehead atoms. The Bertz CT molecular complexity index is 1400. The number of esters is 3. The molecular formula is C70H124O6. The van der Waals surface area contributed by atoms with Crippen molar-refractivity contribution in [3.63, 3.8) is 0 Å². The fraction of sp³-hybridized carbons (Fsp3) is 0.786.